The minimum absolute atomic E-state index is 0. The van der Waals surface area contributed by atoms with E-state index >= 15 is 0 Å². The molecule has 0 spiro atoms. The van der Waals surface area contributed by atoms with Crippen LogP contribution in [0.25, 0.3) is 11.0 Å². The van der Waals surface area contributed by atoms with Crippen molar-refractivity contribution in [3.8, 4) is 5.75 Å². The first-order chi connectivity index (χ1) is 13.6. The van der Waals surface area contributed by atoms with Gasteiger partial charge in [-0.15, -0.1) is 24.0 Å². The lowest BCUT2D eigenvalue weighted by molar-refractivity contribution is 0.336. The summed E-state index contributed by atoms with van der Waals surface area (Å²) in [6.45, 7) is 10.9. The molecule has 8 heteroatoms. The molecule has 1 aromatic carbocycles. The quantitative estimate of drug-likeness (QED) is 0.269. The third kappa shape index (κ3) is 6.12. The highest BCUT2D eigenvalue weighted by Crippen LogP contribution is 2.31. The number of fused-ring (bicyclic) bond motifs is 1. The summed E-state index contributed by atoms with van der Waals surface area (Å²) in [5.74, 6) is 2.37. The Morgan fingerprint density at radius 1 is 1.34 bits per heavy atom. The number of ether oxygens (including phenoxy) is 1. The van der Waals surface area contributed by atoms with Crippen LogP contribution in [0.15, 0.2) is 46.1 Å². The van der Waals surface area contributed by atoms with Crippen molar-refractivity contribution in [1.82, 2.24) is 20.4 Å². The molecule has 1 atom stereocenters. The Hall–Kier alpha value is -2.23. The summed E-state index contributed by atoms with van der Waals surface area (Å²) in [5, 5.41) is 12.0. The van der Waals surface area contributed by atoms with Gasteiger partial charge in [0.1, 0.15) is 5.76 Å². The van der Waals surface area contributed by atoms with E-state index in [0.29, 0.717) is 13.2 Å². The standard InChI is InChI=1S/C21H29N5O2.HI/c1-5-22-21(23-10-11-26-14-15(3)13-24-26)25-16(4)19-12-17-8-7-9-18(27-6-2)20(17)28-19;/h7-9,12-14,16H,5-6,10-11H2,1-4H3,(H2,22,23,25);1H. The van der Waals surface area contributed by atoms with Crippen LogP contribution in [0.3, 0.4) is 0 Å². The van der Waals surface area contributed by atoms with Crippen LogP contribution in [0.4, 0.5) is 0 Å². The predicted molar refractivity (Wildman–Crippen MR) is 127 cm³/mol. The number of hydrogen-bond donors (Lipinski definition) is 2. The molecule has 158 valence electrons. The van der Waals surface area contributed by atoms with Crippen molar-refractivity contribution < 1.29 is 9.15 Å². The van der Waals surface area contributed by atoms with Crippen LogP contribution in [-0.4, -0.2) is 35.4 Å². The van der Waals surface area contributed by atoms with E-state index in [2.05, 4.69) is 27.6 Å². The number of aryl methyl sites for hydroxylation is 1. The molecule has 0 aliphatic carbocycles. The maximum atomic E-state index is 6.08. The van der Waals surface area contributed by atoms with Gasteiger partial charge in [-0.1, -0.05) is 12.1 Å². The van der Waals surface area contributed by atoms with Gasteiger partial charge in [-0.05, 0) is 45.4 Å². The van der Waals surface area contributed by atoms with Crippen molar-refractivity contribution >= 4 is 40.9 Å². The fourth-order valence-corrected chi connectivity index (χ4v) is 2.99. The Bertz CT molecular complexity index is 934. The van der Waals surface area contributed by atoms with E-state index in [1.165, 1.54) is 0 Å². The molecular weight excluding hydrogens is 481 g/mol. The van der Waals surface area contributed by atoms with Gasteiger partial charge in [0, 0.05) is 18.1 Å². The average molecular weight is 511 g/mol. The van der Waals surface area contributed by atoms with Gasteiger partial charge in [-0.3, -0.25) is 9.67 Å². The largest absolute Gasteiger partial charge is 0.490 e. The molecule has 7 nitrogen and oxygen atoms in total. The molecule has 0 fully saturated rings. The molecule has 0 aliphatic rings. The summed E-state index contributed by atoms with van der Waals surface area (Å²) >= 11 is 0. The molecule has 0 bridgehead atoms. The van der Waals surface area contributed by atoms with Crippen molar-refractivity contribution in [1.29, 1.82) is 0 Å². The van der Waals surface area contributed by atoms with Crippen LogP contribution >= 0.6 is 24.0 Å². The summed E-state index contributed by atoms with van der Waals surface area (Å²) in [5.41, 5.74) is 1.93. The molecule has 0 saturated heterocycles. The smallest absolute Gasteiger partial charge is 0.191 e. The number of nitrogens with zero attached hydrogens (tertiary/aromatic N) is 3. The lowest BCUT2D eigenvalue weighted by atomic mass is 10.2. The number of nitrogens with one attached hydrogen (secondary N) is 2. The number of furan rings is 1. The molecule has 3 aromatic rings. The normalized spacial score (nSPS) is 12.5. The van der Waals surface area contributed by atoms with Crippen LogP contribution in [0.5, 0.6) is 5.75 Å². The topological polar surface area (TPSA) is 76.6 Å². The number of halogens is 1. The molecule has 29 heavy (non-hydrogen) atoms. The van der Waals surface area contributed by atoms with Gasteiger partial charge in [0.2, 0.25) is 0 Å². The van der Waals surface area contributed by atoms with Gasteiger partial charge < -0.3 is 19.8 Å². The zero-order valence-electron chi connectivity index (χ0n) is 17.4. The molecular formula is C21H30IN5O2. The van der Waals surface area contributed by atoms with Crippen molar-refractivity contribution in [3.05, 3.63) is 48.0 Å². The SMILES string of the molecule is CCNC(=NCCn1cc(C)cn1)NC(C)c1cc2cccc(OCC)c2o1.I. The highest BCUT2D eigenvalue weighted by molar-refractivity contribution is 14.0. The molecule has 0 aliphatic heterocycles. The van der Waals surface area contributed by atoms with Crippen LogP contribution in [0.2, 0.25) is 0 Å². The van der Waals surface area contributed by atoms with E-state index in [1.807, 2.05) is 62.1 Å². The number of rotatable bonds is 8. The number of benzene rings is 1. The maximum Gasteiger partial charge on any atom is 0.191 e. The fraction of sp³-hybridized carbons (Fsp3) is 0.429. The number of aliphatic imine (C=N–C) groups is 1. The van der Waals surface area contributed by atoms with E-state index in [9.17, 15) is 0 Å². The number of hydrogen-bond acceptors (Lipinski definition) is 4. The van der Waals surface area contributed by atoms with Gasteiger partial charge in [-0.2, -0.15) is 5.10 Å². The third-order valence-corrected chi connectivity index (χ3v) is 4.31. The van der Waals surface area contributed by atoms with Crippen LogP contribution in [0, 0.1) is 6.92 Å². The van der Waals surface area contributed by atoms with E-state index in [-0.39, 0.29) is 30.0 Å². The van der Waals surface area contributed by atoms with E-state index < -0.39 is 0 Å². The van der Waals surface area contributed by atoms with Crippen molar-refractivity contribution in [3.63, 3.8) is 0 Å². The Morgan fingerprint density at radius 3 is 2.86 bits per heavy atom. The monoisotopic (exact) mass is 511 g/mol. The minimum Gasteiger partial charge on any atom is -0.490 e. The number of para-hydroxylation sites is 1. The summed E-state index contributed by atoms with van der Waals surface area (Å²) < 4.78 is 13.7. The summed E-state index contributed by atoms with van der Waals surface area (Å²) in [6.07, 6.45) is 3.87. The maximum absolute atomic E-state index is 6.08. The molecule has 0 saturated carbocycles. The summed E-state index contributed by atoms with van der Waals surface area (Å²) in [7, 11) is 0. The summed E-state index contributed by atoms with van der Waals surface area (Å²) in [6, 6.07) is 7.95. The molecule has 2 heterocycles. The zero-order chi connectivity index (χ0) is 19.9. The molecule has 2 N–H and O–H groups in total. The predicted octanol–water partition coefficient (Wildman–Crippen LogP) is 4.27. The van der Waals surface area contributed by atoms with Crippen LogP contribution in [-0.2, 0) is 6.54 Å². The third-order valence-electron chi connectivity index (χ3n) is 4.31. The minimum atomic E-state index is -0.0355. The highest BCUT2D eigenvalue weighted by Gasteiger charge is 2.15. The highest BCUT2D eigenvalue weighted by atomic mass is 127. The van der Waals surface area contributed by atoms with Gasteiger partial charge in [-0.25, -0.2) is 0 Å². The first-order valence-corrected chi connectivity index (χ1v) is 9.79. The van der Waals surface area contributed by atoms with E-state index in [4.69, 9.17) is 9.15 Å². The Morgan fingerprint density at radius 2 is 2.17 bits per heavy atom. The van der Waals surface area contributed by atoms with E-state index in [1.54, 1.807) is 0 Å². The second-order valence-corrected chi connectivity index (χ2v) is 6.66. The lowest BCUT2D eigenvalue weighted by Gasteiger charge is -2.16. The van der Waals surface area contributed by atoms with Crippen LogP contribution in [0.1, 0.15) is 38.1 Å². The average Bonchev–Trinajstić information content (AvgIpc) is 3.29. The Balaban J connectivity index is 0.00000300. The molecule has 2 aromatic heterocycles. The lowest BCUT2D eigenvalue weighted by Crippen LogP contribution is -2.38. The Labute approximate surface area is 188 Å². The number of guanidine groups is 1. The Kier molecular flexibility index (Phi) is 8.81. The van der Waals surface area contributed by atoms with Crippen molar-refractivity contribution in [2.75, 3.05) is 19.7 Å². The fourth-order valence-electron chi connectivity index (χ4n) is 2.99. The van der Waals surface area contributed by atoms with Crippen molar-refractivity contribution in [2.24, 2.45) is 4.99 Å². The molecule has 1 unspecified atom stereocenters. The molecule has 0 radical (unpaired) electrons. The van der Waals surface area contributed by atoms with Crippen LogP contribution < -0.4 is 15.4 Å². The van der Waals surface area contributed by atoms with Gasteiger partial charge in [0.15, 0.2) is 17.3 Å². The van der Waals surface area contributed by atoms with Gasteiger partial charge in [0.25, 0.3) is 0 Å². The van der Waals surface area contributed by atoms with Gasteiger partial charge >= 0.3 is 0 Å². The second kappa shape index (κ2) is 11.1. The number of aromatic nitrogens is 2. The summed E-state index contributed by atoms with van der Waals surface area (Å²) in [4.78, 5) is 4.65. The first kappa shape index (κ1) is 23.1. The molecule has 3 rings (SSSR count). The zero-order valence-corrected chi connectivity index (χ0v) is 19.8. The molecule has 0 amide bonds. The second-order valence-electron chi connectivity index (χ2n) is 6.66. The van der Waals surface area contributed by atoms with E-state index in [0.717, 1.165) is 47.1 Å². The first-order valence-electron chi connectivity index (χ1n) is 9.79. The van der Waals surface area contributed by atoms with Gasteiger partial charge in [0.05, 0.1) is 31.9 Å². The van der Waals surface area contributed by atoms with Crippen molar-refractivity contribution in [2.45, 2.75) is 40.3 Å².